The zero-order valence-electron chi connectivity index (χ0n) is 14.7. The maximum atomic E-state index is 11.8. The Morgan fingerprint density at radius 1 is 1.30 bits per heavy atom. The molecule has 0 aliphatic carbocycles. The van der Waals surface area contributed by atoms with E-state index in [1.807, 2.05) is 12.1 Å². The number of hydrogen-bond acceptors (Lipinski definition) is 9. The third kappa shape index (κ3) is 3.83. The molecule has 3 aromatic rings. The van der Waals surface area contributed by atoms with Crippen LogP contribution in [-0.4, -0.2) is 47.3 Å². The molecule has 27 heavy (non-hydrogen) atoms. The van der Waals surface area contributed by atoms with Gasteiger partial charge in [-0.25, -0.2) is 19.7 Å². The zero-order chi connectivity index (χ0) is 18.6. The van der Waals surface area contributed by atoms with Crippen molar-refractivity contribution in [2.45, 2.75) is 18.9 Å². The largest absolute Gasteiger partial charge is 0.473 e. The van der Waals surface area contributed by atoms with E-state index in [1.165, 1.54) is 24.8 Å². The van der Waals surface area contributed by atoms with Crippen LogP contribution in [0.5, 0.6) is 5.88 Å². The molecule has 9 heteroatoms. The van der Waals surface area contributed by atoms with Gasteiger partial charge in [-0.2, -0.15) is 0 Å². The fourth-order valence-electron chi connectivity index (χ4n) is 2.82. The Morgan fingerprint density at radius 3 is 2.96 bits per heavy atom. The van der Waals surface area contributed by atoms with E-state index in [4.69, 9.17) is 14.2 Å². The number of nitrogens with zero attached hydrogens (tertiary/aromatic N) is 3. The molecule has 0 bridgehead atoms. The van der Waals surface area contributed by atoms with Crippen LogP contribution in [0.25, 0.3) is 10.2 Å². The van der Waals surface area contributed by atoms with E-state index in [0.29, 0.717) is 40.3 Å². The van der Waals surface area contributed by atoms with Crippen LogP contribution in [0.2, 0.25) is 0 Å². The lowest BCUT2D eigenvalue weighted by molar-refractivity contribution is 0.0240. The Morgan fingerprint density at radius 2 is 2.15 bits per heavy atom. The highest BCUT2D eigenvalue weighted by Gasteiger charge is 2.19. The number of carbonyl (C=O) groups is 1. The van der Waals surface area contributed by atoms with Crippen LogP contribution >= 0.6 is 11.3 Å². The molecule has 1 saturated heterocycles. The first-order valence-corrected chi connectivity index (χ1v) is 9.35. The van der Waals surface area contributed by atoms with E-state index in [-0.39, 0.29) is 6.10 Å². The van der Waals surface area contributed by atoms with Crippen molar-refractivity contribution >= 4 is 39.0 Å². The first-order chi connectivity index (χ1) is 13.2. The van der Waals surface area contributed by atoms with Crippen LogP contribution in [-0.2, 0) is 9.47 Å². The minimum absolute atomic E-state index is 0.0756. The summed E-state index contributed by atoms with van der Waals surface area (Å²) >= 11 is 1.26. The van der Waals surface area contributed by atoms with E-state index < -0.39 is 5.97 Å². The number of rotatable bonds is 5. The number of anilines is 2. The Labute approximate surface area is 159 Å². The molecule has 0 saturated carbocycles. The molecular formula is C18H18N4O4S. The lowest BCUT2D eigenvalue weighted by Gasteiger charge is -2.23. The summed E-state index contributed by atoms with van der Waals surface area (Å²) in [7, 11) is 1.35. The van der Waals surface area contributed by atoms with Crippen LogP contribution in [0.15, 0.2) is 30.7 Å². The number of ether oxygens (including phenoxy) is 3. The fraction of sp³-hybridized carbons (Fsp3) is 0.333. The maximum absolute atomic E-state index is 11.8. The highest BCUT2D eigenvalue weighted by Crippen LogP contribution is 2.33. The first-order valence-electron chi connectivity index (χ1n) is 8.54. The number of carbonyl (C=O) groups excluding carboxylic acids is 1. The molecule has 0 radical (unpaired) electrons. The van der Waals surface area contributed by atoms with Gasteiger partial charge in [0, 0.05) is 19.0 Å². The van der Waals surface area contributed by atoms with Gasteiger partial charge in [-0.3, -0.25) is 0 Å². The zero-order valence-corrected chi connectivity index (χ0v) is 15.5. The van der Waals surface area contributed by atoms with Crippen LogP contribution in [0.3, 0.4) is 0 Å². The number of methoxy groups -OCH3 is 1. The van der Waals surface area contributed by atoms with Gasteiger partial charge in [0.25, 0.3) is 0 Å². The SMILES string of the molecule is COC(=O)c1cc2c(Nc3cccnc3OC3CCOCC3)ncnc2s1. The number of aromatic nitrogens is 3. The minimum atomic E-state index is -0.395. The molecule has 1 N–H and O–H groups in total. The topological polar surface area (TPSA) is 95.5 Å². The molecule has 4 rings (SSSR count). The molecule has 0 unspecified atom stereocenters. The van der Waals surface area contributed by atoms with Gasteiger partial charge >= 0.3 is 5.97 Å². The lowest BCUT2D eigenvalue weighted by Crippen LogP contribution is -2.26. The highest BCUT2D eigenvalue weighted by atomic mass is 32.1. The second-order valence-corrected chi connectivity index (χ2v) is 6.98. The summed E-state index contributed by atoms with van der Waals surface area (Å²) < 4.78 is 16.2. The molecule has 0 amide bonds. The summed E-state index contributed by atoms with van der Waals surface area (Å²) in [5, 5.41) is 4.00. The quantitative estimate of drug-likeness (QED) is 0.668. The van der Waals surface area contributed by atoms with Gasteiger partial charge in [0.05, 0.1) is 25.7 Å². The lowest BCUT2D eigenvalue weighted by atomic mass is 10.1. The van der Waals surface area contributed by atoms with Crippen molar-refractivity contribution in [1.82, 2.24) is 15.0 Å². The fourth-order valence-corrected chi connectivity index (χ4v) is 3.73. The monoisotopic (exact) mass is 386 g/mol. The van der Waals surface area contributed by atoms with E-state index in [2.05, 4.69) is 20.3 Å². The third-order valence-electron chi connectivity index (χ3n) is 4.19. The molecule has 0 atom stereocenters. The molecule has 1 fully saturated rings. The molecule has 3 aromatic heterocycles. The molecule has 0 spiro atoms. The number of hydrogen-bond donors (Lipinski definition) is 1. The van der Waals surface area contributed by atoms with Crippen LogP contribution in [0.4, 0.5) is 11.5 Å². The number of pyridine rings is 1. The van der Waals surface area contributed by atoms with Gasteiger partial charge in [-0.05, 0) is 18.2 Å². The van der Waals surface area contributed by atoms with Crippen LogP contribution in [0.1, 0.15) is 22.5 Å². The molecule has 4 heterocycles. The van der Waals surface area contributed by atoms with Gasteiger partial charge in [0.2, 0.25) is 5.88 Å². The minimum Gasteiger partial charge on any atom is -0.473 e. The van der Waals surface area contributed by atoms with Gasteiger partial charge < -0.3 is 19.5 Å². The van der Waals surface area contributed by atoms with Crippen molar-refractivity contribution in [3.63, 3.8) is 0 Å². The normalized spacial score (nSPS) is 14.9. The predicted molar refractivity (Wildman–Crippen MR) is 101 cm³/mol. The number of esters is 1. The average Bonchev–Trinajstić information content (AvgIpc) is 3.15. The summed E-state index contributed by atoms with van der Waals surface area (Å²) in [5.41, 5.74) is 0.704. The third-order valence-corrected chi connectivity index (χ3v) is 5.21. The van der Waals surface area contributed by atoms with Gasteiger partial charge in [-0.1, -0.05) is 0 Å². The number of nitrogens with one attached hydrogen (secondary N) is 1. The van der Waals surface area contributed by atoms with E-state index in [1.54, 1.807) is 12.3 Å². The average molecular weight is 386 g/mol. The van der Waals surface area contributed by atoms with Crippen LogP contribution < -0.4 is 10.1 Å². The summed E-state index contributed by atoms with van der Waals surface area (Å²) in [5.74, 6) is 0.699. The second-order valence-electron chi connectivity index (χ2n) is 5.95. The summed E-state index contributed by atoms with van der Waals surface area (Å²) in [6.45, 7) is 1.38. The van der Waals surface area contributed by atoms with Crippen molar-refractivity contribution in [3.8, 4) is 5.88 Å². The Kier molecular flexibility index (Phi) is 5.12. The van der Waals surface area contributed by atoms with Crippen molar-refractivity contribution in [2.24, 2.45) is 0 Å². The first kappa shape index (κ1) is 17.6. The molecule has 1 aliphatic rings. The van der Waals surface area contributed by atoms with E-state index >= 15 is 0 Å². The Balaban J connectivity index is 1.62. The molecule has 140 valence electrons. The second kappa shape index (κ2) is 7.85. The van der Waals surface area contributed by atoms with E-state index in [9.17, 15) is 4.79 Å². The Bertz CT molecular complexity index is 955. The van der Waals surface area contributed by atoms with Gasteiger partial charge in [-0.15, -0.1) is 11.3 Å². The number of fused-ring (bicyclic) bond motifs is 1. The molecular weight excluding hydrogens is 368 g/mol. The van der Waals surface area contributed by atoms with Crippen LogP contribution in [0, 0.1) is 0 Å². The molecule has 0 aromatic carbocycles. The van der Waals surface area contributed by atoms with Crippen molar-refractivity contribution < 1.29 is 19.0 Å². The smallest absolute Gasteiger partial charge is 0.348 e. The van der Waals surface area contributed by atoms with Crippen molar-refractivity contribution in [1.29, 1.82) is 0 Å². The summed E-state index contributed by atoms with van der Waals surface area (Å²) in [4.78, 5) is 25.9. The Hall–Kier alpha value is -2.78. The molecule has 8 nitrogen and oxygen atoms in total. The van der Waals surface area contributed by atoms with Gasteiger partial charge in [0.1, 0.15) is 33.6 Å². The summed E-state index contributed by atoms with van der Waals surface area (Å²) in [6, 6.07) is 5.43. The summed E-state index contributed by atoms with van der Waals surface area (Å²) in [6.07, 6.45) is 4.89. The van der Waals surface area contributed by atoms with Crippen molar-refractivity contribution in [3.05, 3.63) is 35.6 Å². The standard InChI is InChI=1S/C18H18N4O4S/c1-24-18(23)14-9-12-15(20-10-21-17(12)27-14)22-13-3-2-6-19-16(13)26-11-4-7-25-8-5-11/h2-3,6,9-11H,4-5,7-8H2,1H3,(H,20,21,22). The van der Waals surface area contributed by atoms with Crippen molar-refractivity contribution in [2.75, 3.05) is 25.6 Å². The maximum Gasteiger partial charge on any atom is 0.348 e. The van der Waals surface area contributed by atoms with Gasteiger partial charge in [0.15, 0.2) is 0 Å². The predicted octanol–water partition coefficient (Wildman–Crippen LogP) is 3.17. The molecule has 1 aliphatic heterocycles. The van der Waals surface area contributed by atoms with E-state index in [0.717, 1.165) is 18.2 Å². The number of thiophene rings is 1. The highest BCUT2D eigenvalue weighted by molar-refractivity contribution is 7.20.